The van der Waals surface area contributed by atoms with Crippen molar-refractivity contribution >= 4 is 29.9 Å². The van der Waals surface area contributed by atoms with Gasteiger partial charge in [-0.3, -0.25) is 9.67 Å². The van der Waals surface area contributed by atoms with Crippen molar-refractivity contribution in [1.82, 2.24) is 20.4 Å². The Kier molecular flexibility index (Phi) is 7.22. The molecule has 0 aromatic carbocycles. The normalized spacial score (nSPS) is 27.4. The molecule has 2 N–H and O–H groups in total. The number of nitrogens with zero attached hydrogens (tertiary/aromatic N) is 3. The van der Waals surface area contributed by atoms with Crippen LogP contribution in [0.4, 0.5) is 0 Å². The van der Waals surface area contributed by atoms with Gasteiger partial charge in [-0.05, 0) is 46.1 Å². The average Bonchev–Trinajstić information content (AvgIpc) is 3.12. The molecule has 27 heavy (non-hydrogen) atoms. The summed E-state index contributed by atoms with van der Waals surface area (Å²) in [7, 11) is 2.01. The van der Waals surface area contributed by atoms with Crippen molar-refractivity contribution < 1.29 is 4.74 Å². The predicted molar refractivity (Wildman–Crippen MR) is 121 cm³/mol. The fourth-order valence-electron chi connectivity index (χ4n) is 4.76. The Morgan fingerprint density at radius 3 is 2.70 bits per heavy atom. The zero-order chi connectivity index (χ0) is 19.1. The van der Waals surface area contributed by atoms with Gasteiger partial charge < -0.3 is 15.4 Å². The highest BCUT2D eigenvalue weighted by Gasteiger charge is 2.59. The second-order valence-corrected chi connectivity index (χ2v) is 8.53. The van der Waals surface area contributed by atoms with Gasteiger partial charge in [0.1, 0.15) is 0 Å². The summed E-state index contributed by atoms with van der Waals surface area (Å²) in [6.07, 6.45) is 2.48. The van der Waals surface area contributed by atoms with Gasteiger partial charge in [-0.25, -0.2) is 0 Å². The molecule has 7 heteroatoms. The number of halogens is 1. The van der Waals surface area contributed by atoms with E-state index in [1.165, 1.54) is 11.3 Å². The molecule has 1 saturated heterocycles. The molecule has 1 aromatic heterocycles. The lowest BCUT2D eigenvalue weighted by molar-refractivity contribution is -0.106. The first kappa shape index (κ1) is 22.5. The largest absolute Gasteiger partial charge is 0.377 e. The number of ether oxygens (including phenoxy) is 1. The summed E-state index contributed by atoms with van der Waals surface area (Å²) in [5, 5.41) is 11.8. The molecule has 2 heterocycles. The van der Waals surface area contributed by atoms with E-state index in [-0.39, 0.29) is 35.4 Å². The van der Waals surface area contributed by atoms with Crippen molar-refractivity contribution in [2.45, 2.75) is 72.6 Å². The van der Waals surface area contributed by atoms with Crippen molar-refractivity contribution in [2.24, 2.45) is 23.4 Å². The molecule has 0 bridgehead atoms. The lowest BCUT2D eigenvalue weighted by Crippen LogP contribution is -2.68. The maximum Gasteiger partial charge on any atom is 0.191 e. The van der Waals surface area contributed by atoms with Gasteiger partial charge in [0.2, 0.25) is 0 Å². The van der Waals surface area contributed by atoms with Crippen LogP contribution in [0.25, 0.3) is 0 Å². The number of aromatic nitrogens is 2. The van der Waals surface area contributed by atoms with Gasteiger partial charge in [-0.2, -0.15) is 5.10 Å². The zero-order valence-corrected chi connectivity index (χ0v) is 20.1. The Morgan fingerprint density at radius 2 is 2.11 bits per heavy atom. The van der Waals surface area contributed by atoms with E-state index in [0.29, 0.717) is 18.1 Å². The topological polar surface area (TPSA) is 63.5 Å². The summed E-state index contributed by atoms with van der Waals surface area (Å²) < 4.78 is 7.88. The highest BCUT2D eigenvalue weighted by molar-refractivity contribution is 14.0. The second-order valence-electron chi connectivity index (χ2n) is 8.53. The molecule has 1 aromatic rings. The molecule has 4 atom stereocenters. The van der Waals surface area contributed by atoms with Gasteiger partial charge in [-0.15, -0.1) is 24.0 Å². The van der Waals surface area contributed by atoms with Gasteiger partial charge in [0.05, 0.1) is 11.8 Å². The Balaban J connectivity index is 0.00000261. The van der Waals surface area contributed by atoms with Gasteiger partial charge >= 0.3 is 0 Å². The summed E-state index contributed by atoms with van der Waals surface area (Å²) in [5.74, 6) is 1.52. The van der Waals surface area contributed by atoms with E-state index < -0.39 is 0 Å². The van der Waals surface area contributed by atoms with Crippen molar-refractivity contribution in [1.29, 1.82) is 0 Å². The van der Waals surface area contributed by atoms with Crippen LogP contribution in [-0.4, -0.2) is 47.1 Å². The fraction of sp³-hybridized carbons (Fsp3) is 0.800. The van der Waals surface area contributed by atoms with Gasteiger partial charge in [-0.1, -0.05) is 13.8 Å². The monoisotopic (exact) mass is 489 g/mol. The number of fused-ring (bicyclic) bond motifs is 1. The third kappa shape index (κ3) is 4.28. The summed E-state index contributed by atoms with van der Waals surface area (Å²) in [4.78, 5) is 4.69. The van der Waals surface area contributed by atoms with Crippen LogP contribution in [0.3, 0.4) is 0 Å². The molecule has 1 saturated carbocycles. The highest BCUT2D eigenvalue weighted by Crippen LogP contribution is 2.52. The minimum atomic E-state index is 0. The quantitative estimate of drug-likeness (QED) is 0.380. The molecule has 1 aliphatic heterocycles. The summed E-state index contributed by atoms with van der Waals surface area (Å²) in [6, 6.07) is 0.704. The van der Waals surface area contributed by atoms with Crippen LogP contribution in [-0.2, 0) is 18.2 Å². The van der Waals surface area contributed by atoms with E-state index in [1.807, 2.05) is 11.7 Å². The maximum absolute atomic E-state index is 5.92. The van der Waals surface area contributed by atoms with E-state index >= 15 is 0 Å². The Hall–Kier alpha value is -0.830. The van der Waals surface area contributed by atoms with Crippen LogP contribution < -0.4 is 10.6 Å². The lowest BCUT2D eigenvalue weighted by Gasteiger charge is -2.55. The average molecular weight is 489 g/mol. The van der Waals surface area contributed by atoms with Crippen LogP contribution in [0.1, 0.15) is 51.1 Å². The first-order chi connectivity index (χ1) is 12.3. The number of rotatable bonds is 5. The number of aryl methyl sites for hydroxylation is 2. The first-order valence-electron chi connectivity index (χ1n) is 9.93. The van der Waals surface area contributed by atoms with E-state index in [1.54, 1.807) is 0 Å². The molecular weight excluding hydrogens is 453 g/mol. The van der Waals surface area contributed by atoms with Crippen molar-refractivity contribution in [3.05, 3.63) is 17.0 Å². The molecule has 1 aliphatic carbocycles. The number of hydrogen-bond acceptors (Lipinski definition) is 3. The van der Waals surface area contributed by atoms with E-state index in [9.17, 15) is 0 Å². The Labute approximate surface area is 180 Å². The van der Waals surface area contributed by atoms with Gasteiger partial charge in [0.25, 0.3) is 0 Å². The number of guanidine groups is 1. The summed E-state index contributed by atoms with van der Waals surface area (Å²) in [5.41, 5.74) is 3.84. The number of aliphatic imine (C=N–C) groups is 1. The minimum absolute atomic E-state index is 0. The van der Waals surface area contributed by atoms with E-state index in [2.05, 4.69) is 57.3 Å². The SMILES string of the molecule is CCN=C(NC(C)Cc1c(C)nn(C)c1C)NC1C2CCOC2C1(C)C.I. The molecule has 3 rings (SSSR count). The first-order valence-corrected chi connectivity index (χ1v) is 9.93. The van der Waals surface area contributed by atoms with E-state index in [0.717, 1.165) is 37.6 Å². The molecule has 0 amide bonds. The standard InChI is InChI=1S/C20H35N5O.HI/c1-8-21-19(23-17-15-9-10-26-18(15)20(17,5)6)22-12(2)11-16-13(3)24-25(7)14(16)4;/h12,15,17-18H,8-11H2,1-7H3,(H2,21,22,23);1H. The van der Waals surface area contributed by atoms with E-state index in [4.69, 9.17) is 9.73 Å². The van der Waals surface area contributed by atoms with Gasteiger partial charge in [0.15, 0.2) is 5.96 Å². The predicted octanol–water partition coefficient (Wildman–Crippen LogP) is 2.95. The lowest BCUT2D eigenvalue weighted by atomic mass is 9.57. The fourth-order valence-corrected chi connectivity index (χ4v) is 4.76. The summed E-state index contributed by atoms with van der Waals surface area (Å²) >= 11 is 0. The molecule has 154 valence electrons. The van der Waals surface area contributed by atoms with Crippen molar-refractivity contribution in [2.75, 3.05) is 13.2 Å². The van der Waals surface area contributed by atoms with Crippen LogP contribution >= 0.6 is 24.0 Å². The molecule has 6 nitrogen and oxygen atoms in total. The Bertz CT molecular complexity index is 684. The molecule has 0 radical (unpaired) electrons. The second kappa shape index (κ2) is 8.68. The number of hydrogen-bond donors (Lipinski definition) is 2. The smallest absolute Gasteiger partial charge is 0.191 e. The zero-order valence-electron chi connectivity index (χ0n) is 17.8. The highest BCUT2D eigenvalue weighted by atomic mass is 127. The van der Waals surface area contributed by atoms with Gasteiger partial charge in [0, 0.05) is 49.3 Å². The number of nitrogens with one attached hydrogen (secondary N) is 2. The molecular formula is C20H36IN5O. The molecule has 2 aliphatic rings. The van der Waals surface area contributed by atoms with Crippen molar-refractivity contribution in [3.8, 4) is 0 Å². The molecule has 4 unspecified atom stereocenters. The Morgan fingerprint density at radius 1 is 1.41 bits per heavy atom. The third-order valence-corrected chi connectivity index (χ3v) is 6.26. The van der Waals surface area contributed by atoms with Crippen molar-refractivity contribution in [3.63, 3.8) is 0 Å². The third-order valence-electron chi connectivity index (χ3n) is 6.26. The summed E-state index contributed by atoms with van der Waals surface area (Å²) in [6.45, 7) is 14.8. The molecule has 2 fully saturated rings. The van der Waals surface area contributed by atoms with Crippen LogP contribution in [0.15, 0.2) is 4.99 Å². The maximum atomic E-state index is 5.92. The van der Waals surface area contributed by atoms with Crippen LogP contribution in [0, 0.1) is 25.2 Å². The van der Waals surface area contributed by atoms with Crippen LogP contribution in [0.2, 0.25) is 0 Å². The molecule has 0 spiro atoms. The van der Waals surface area contributed by atoms with Crippen LogP contribution in [0.5, 0.6) is 0 Å². The minimum Gasteiger partial charge on any atom is -0.377 e.